The number of hydrogen-bond donors (Lipinski definition) is 2. The number of nitrogens with zero attached hydrogens (tertiary/aromatic N) is 5. The number of aliphatic hydroxyl groups excluding tert-OH is 1. The number of aliphatic hydroxyl groups is 1. The van der Waals surface area contributed by atoms with Crippen LogP contribution < -0.4 is 14.8 Å². The van der Waals surface area contributed by atoms with E-state index in [9.17, 15) is 9.18 Å². The van der Waals surface area contributed by atoms with Crippen LogP contribution in [0, 0.1) is 12.7 Å². The monoisotopic (exact) mass is 564 g/mol. The highest BCUT2D eigenvalue weighted by atomic mass is 32.1. The quantitative estimate of drug-likeness (QED) is 0.259. The van der Waals surface area contributed by atoms with Gasteiger partial charge in [0.1, 0.15) is 28.1 Å². The Kier molecular flexibility index (Phi) is 7.94. The summed E-state index contributed by atoms with van der Waals surface area (Å²) in [4.78, 5) is 34.6. The van der Waals surface area contributed by atoms with Crippen molar-refractivity contribution in [1.82, 2.24) is 24.9 Å². The van der Waals surface area contributed by atoms with Gasteiger partial charge in [-0.1, -0.05) is 11.3 Å². The molecule has 0 fully saturated rings. The van der Waals surface area contributed by atoms with Crippen LogP contribution in [0.4, 0.5) is 14.9 Å². The van der Waals surface area contributed by atoms with Gasteiger partial charge in [-0.3, -0.25) is 10.3 Å². The molecule has 0 radical (unpaired) electrons. The number of methoxy groups -OCH3 is 1. The van der Waals surface area contributed by atoms with Crippen molar-refractivity contribution in [2.24, 2.45) is 0 Å². The van der Waals surface area contributed by atoms with E-state index in [2.05, 4.69) is 30.2 Å². The van der Waals surface area contributed by atoms with E-state index in [-0.39, 0.29) is 19.1 Å². The average molecular weight is 565 g/mol. The second kappa shape index (κ2) is 11.7. The molecule has 4 aromatic heterocycles. The second-order valence-electron chi connectivity index (χ2n) is 8.87. The largest absolute Gasteiger partial charge is 0.480 e. The maximum atomic E-state index is 14.9. The van der Waals surface area contributed by atoms with Crippen LogP contribution in [0.2, 0.25) is 0 Å². The van der Waals surface area contributed by atoms with E-state index < -0.39 is 18.0 Å². The van der Waals surface area contributed by atoms with Gasteiger partial charge < -0.3 is 19.3 Å². The third-order valence-electron chi connectivity index (χ3n) is 5.71. The molecule has 1 amide bonds. The minimum absolute atomic E-state index is 0.0534. The maximum absolute atomic E-state index is 14.9. The molecule has 5 aromatic rings. The molecule has 0 unspecified atom stereocenters. The molecule has 13 heteroatoms. The predicted octanol–water partition coefficient (Wildman–Crippen LogP) is 4.70. The minimum Gasteiger partial charge on any atom is -0.480 e. The Morgan fingerprint density at radius 2 is 2.00 bits per heavy atom. The normalized spacial score (nSPS) is 11.9. The second-order valence-corrected chi connectivity index (χ2v) is 9.85. The highest BCUT2D eigenvalue weighted by molar-refractivity contribution is 7.21. The Hall–Kier alpha value is -4.49. The topological polar surface area (TPSA) is 141 Å². The number of pyridine rings is 2. The summed E-state index contributed by atoms with van der Waals surface area (Å²) in [5.41, 5.74) is 4.49. The lowest BCUT2D eigenvalue weighted by Crippen LogP contribution is -2.24. The lowest BCUT2D eigenvalue weighted by Gasteiger charge is -2.15. The van der Waals surface area contributed by atoms with Crippen LogP contribution in [-0.4, -0.2) is 62.5 Å². The van der Waals surface area contributed by atoms with E-state index in [1.165, 1.54) is 36.9 Å². The number of aromatic nitrogens is 5. The molecule has 11 nitrogen and oxygen atoms in total. The zero-order valence-corrected chi connectivity index (χ0v) is 22.7. The molecular formula is C27H25FN6O5S. The summed E-state index contributed by atoms with van der Waals surface area (Å²) < 4.78 is 30.9. The number of carbonyl (C=O) groups is 1. The molecule has 0 bridgehead atoms. The van der Waals surface area contributed by atoms with Crippen LogP contribution >= 0.6 is 11.3 Å². The fourth-order valence-corrected chi connectivity index (χ4v) is 4.84. The fraction of sp³-hybridized carbons (Fsp3) is 0.259. The minimum atomic E-state index is -0.710. The molecule has 1 atom stereocenters. The number of aryl methyl sites for hydroxylation is 1. The van der Waals surface area contributed by atoms with Crippen LogP contribution in [0.25, 0.3) is 32.0 Å². The molecule has 206 valence electrons. The molecule has 2 N–H and O–H groups in total. The number of carbonyl (C=O) groups excluding carboxylic acids is 1. The van der Waals surface area contributed by atoms with E-state index in [1.54, 1.807) is 19.1 Å². The number of hydrogen-bond acceptors (Lipinski definition) is 11. The number of amides is 1. The van der Waals surface area contributed by atoms with Crippen LogP contribution in [0.3, 0.4) is 0 Å². The summed E-state index contributed by atoms with van der Waals surface area (Å²) in [5.74, 6) is -0.507. The molecule has 1 aromatic carbocycles. The van der Waals surface area contributed by atoms with Gasteiger partial charge in [-0.2, -0.15) is 4.98 Å². The van der Waals surface area contributed by atoms with Gasteiger partial charge in [0.15, 0.2) is 5.82 Å². The van der Waals surface area contributed by atoms with Gasteiger partial charge in [-0.05, 0) is 43.7 Å². The van der Waals surface area contributed by atoms with E-state index in [0.717, 1.165) is 11.1 Å². The molecule has 0 aliphatic rings. The fourth-order valence-electron chi connectivity index (χ4n) is 3.91. The summed E-state index contributed by atoms with van der Waals surface area (Å²) in [6, 6.07) is 8.35. The number of fused-ring (bicyclic) bond motifs is 2. The zero-order valence-electron chi connectivity index (χ0n) is 21.8. The molecular weight excluding hydrogens is 539 g/mol. The first-order valence-corrected chi connectivity index (χ1v) is 13.1. The number of rotatable bonds is 9. The summed E-state index contributed by atoms with van der Waals surface area (Å²) in [6.45, 7) is 3.37. The molecule has 5 rings (SSSR count). The highest BCUT2D eigenvalue weighted by Crippen LogP contribution is 2.35. The lowest BCUT2D eigenvalue weighted by atomic mass is 10.1. The van der Waals surface area contributed by atoms with Crippen molar-refractivity contribution in [2.75, 3.05) is 25.6 Å². The average Bonchev–Trinajstić information content (AvgIpc) is 3.34. The lowest BCUT2D eigenvalue weighted by molar-refractivity contribution is 0.0941. The standard InChI is InChI=1S/C27H25FN6O5S/c1-14-8-18(23-20(9-14)32-22(37-3)12-30-23)25-33-21-11-19(28)24(34-26(21)40-25)39-15(2)13-38-27(36)31-17-4-6-29-16(10-17)5-7-35/h4,6,8-12,15,35H,5,7,13H2,1-3H3,(H,29,31,36)/t15-/m0/s1. The molecule has 40 heavy (non-hydrogen) atoms. The van der Waals surface area contributed by atoms with E-state index >= 15 is 0 Å². The third kappa shape index (κ3) is 6.05. The Labute approximate surface area is 232 Å². The van der Waals surface area contributed by atoms with Gasteiger partial charge in [-0.15, -0.1) is 0 Å². The number of anilines is 1. The summed E-state index contributed by atoms with van der Waals surface area (Å²) in [6.07, 6.45) is 2.02. The van der Waals surface area contributed by atoms with Crippen LogP contribution in [0.5, 0.6) is 11.8 Å². The predicted molar refractivity (Wildman–Crippen MR) is 147 cm³/mol. The first-order valence-electron chi connectivity index (χ1n) is 12.3. The van der Waals surface area contributed by atoms with Crippen molar-refractivity contribution in [1.29, 1.82) is 0 Å². The first kappa shape index (κ1) is 27.1. The van der Waals surface area contributed by atoms with Gasteiger partial charge >= 0.3 is 6.09 Å². The Balaban J connectivity index is 1.29. The Bertz CT molecular complexity index is 1700. The van der Waals surface area contributed by atoms with Gasteiger partial charge in [0.05, 0.1) is 24.3 Å². The van der Waals surface area contributed by atoms with Crippen molar-refractivity contribution in [3.05, 3.63) is 59.8 Å². The Morgan fingerprint density at radius 1 is 1.15 bits per heavy atom. The summed E-state index contributed by atoms with van der Waals surface area (Å²) in [5, 5.41) is 12.2. The third-order valence-corrected chi connectivity index (χ3v) is 6.70. The van der Waals surface area contributed by atoms with E-state index in [0.29, 0.717) is 50.1 Å². The Morgan fingerprint density at radius 3 is 2.80 bits per heavy atom. The van der Waals surface area contributed by atoms with Crippen molar-refractivity contribution < 1.29 is 28.5 Å². The molecule has 0 saturated carbocycles. The number of ether oxygens (including phenoxy) is 3. The molecule has 0 spiro atoms. The highest BCUT2D eigenvalue weighted by Gasteiger charge is 2.19. The molecule has 4 heterocycles. The number of nitrogens with one attached hydrogen (secondary N) is 1. The van der Waals surface area contributed by atoms with Crippen molar-refractivity contribution >= 4 is 44.5 Å². The van der Waals surface area contributed by atoms with Crippen molar-refractivity contribution in [3.8, 4) is 22.3 Å². The van der Waals surface area contributed by atoms with Gasteiger partial charge in [0.25, 0.3) is 5.88 Å². The van der Waals surface area contributed by atoms with Crippen LogP contribution in [0.1, 0.15) is 18.2 Å². The summed E-state index contributed by atoms with van der Waals surface area (Å²) in [7, 11) is 1.53. The molecule has 0 aliphatic heterocycles. The number of thiazole rings is 1. The van der Waals surface area contributed by atoms with Crippen molar-refractivity contribution in [2.45, 2.75) is 26.4 Å². The van der Waals surface area contributed by atoms with Crippen LogP contribution in [0.15, 0.2) is 42.7 Å². The van der Waals surface area contributed by atoms with Gasteiger partial charge in [-0.25, -0.2) is 24.1 Å². The van der Waals surface area contributed by atoms with Crippen molar-refractivity contribution in [3.63, 3.8) is 0 Å². The maximum Gasteiger partial charge on any atom is 0.411 e. The molecule has 0 saturated heterocycles. The first-order chi connectivity index (χ1) is 19.3. The zero-order chi connectivity index (χ0) is 28.2. The van der Waals surface area contributed by atoms with Crippen LogP contribution in [-0.2, 0) is 11.2 Å². The SMILES string of the molecule is COc1cnc2c(-c3nc4cc(F)c(O[C@@H](C)COC(=O)Nc5ccnc(CCO)c5)nc4s3)cc(C)cc2n1. The smallest absolute Gasteiger partial charge is 0.411 e. The van der Waals surface area contributed by atoms with E-state index in [1.807, 2.05) is 19.1 Å². The summed E-state index contributed by atoms with van der Waals surface area (Å²) >= 11 is 1.27. The molecule has 0 aliphatic carbocycles. The van der Waals surface area contributed by atoms with E-state index in [4.69, 9.17) is 19.3 Å². The number of benzene rings is 1. The van der Waals surface area contributed by atoms with Gasteiger partial charge in [0, 0.05) is 42.2 Å². The van der Waals surface area contributed by atoms with Gasteiger partial charge in [0.2, 0.25) is 5.88 Å². The number of halogens is 1.